The molecule has 1 aromatic heterocycles. The minimum Gasteiger partial charge on any atom is -0.392 e. The highest BCUT2D eigenvalue weighted by Gasteiger charge is 2.02. The molecule has 2 nitrogen and oxygen atoms in total. The lowest BCUT2D eigenvalue weighted by atomic mass is 10.2. The Morgan fingerprint density at radius 3 is 2.86 bits per heavy atom. The van der Waals surface area contributed by atoms with Crippen molar-refractivity contribution in [1.82, 2.24) is 5.32 Å². The molecule has 0 aliphatic rings. The lowest BCUT2D eigenvalue weighted by Crippen LogP contribution is -2.25. The second kappa shape index (κ2) is 6.17. The van der Waals surface area contributed by atoms with Crippen LogP contribution in [0.25, 0.3) is 0 Å². The van der Waals surface area contributed by atoms with Gasteiger partial charge in [-0.1, -0.05) is 13.3 Å². The van der Waals surface area contributed by atoms with Crippen molar-refractivity contribution in [2.45, 2.75) is 39.3 Å². The molecule has 80 valence electrons. The largest absolute Gasteiger partial charge is 0.392 e. The first-order valence-corrected chi connectivity index (χ1v) is 5.98. The maximum atomic E-state index is 9.47. The van der Waals surface area contributed by atoms with E-state index in [1.165, 1.54) is 9.75 Å². The van der Waals surface area contributed by atoms with E-state index in [0.29, 0.717) is 6.54 Å². The summed E-state index contributed by atoms with van der Waals surface area (Å²) in [6, 6.07) is 4.27. The first-order chi connectivity index (χ1) is 6.72. The Bertz CT molecular complexity index is 260. The van der Waals surface area contributed by atoms with Crippen LogP contribution in [0.2, 0.25) is 0 Å². The molecule has 0 amide bonds. The summed E-state index contributed by atoms with van der Waals surface area (Å²) in [5.41, 5.74) is 0. The van der Waals surface area contributed by atoms with E-state index in [1.54, 1.807) is 0 Å². The van der Waals surface area contributed by atoms with Crippen LogP contribution in [-0.2, 0) is 6.54 Å². The van der Waals surface area contributed by atoms with Crippen LogP contribution in [0.5, 0.6) is 0 Å². The molecule has 0 radical (unpaired) electrons. The summed E-state index contributed by atoms with van der Waals surface area (Å²) >= 11 is 1.81. The fourth-order valence-electron chi connectivity index (χ4n) is 1.38. The molecule has 1 aromatic rings. The number of rotatable bonds is 6. The number of hydrogen-bond acceptors (Lipinski definition) is 3. The van der Waals surface area contributed by atoms with Gasteiger partial charge >= 0.3 is 0 Å². The number of hydrogen-bond donors (Lipinski definition) is 2. The van der Waals surface area contributed by atoms with Crippen LogP contribution in [0.3, 0.4) is 0 Å². The molecule has 0 spiro atoms. The highest BCUT2D eigenvalue weighted by atomic mass is 32.1. The van der Waals surface area contributed by atoms with E-state index in [1.807, 2.05) is 11.3 Å². The van der Waals surface area contributed by atoms with Gasteiger partial charge in [0.2, 0.25) is 0 Å². The Balaban J connectivity index is 2.15. The van der Waals surface area contributed by atoms with Gasteiger partial charge in [0.05, 0.1) is 6.10 Å². The van der Waals surface area contributed by atoms with Crippen molar-refractivity contribution >= 4 is 11.3 Å². The Morgan fingerprint density at radius 2 is 2.29 bits per heavy atom. The average molecular weight is 213 g/mol. The summed E-state index contributed by atoms with van der Waals surface area (Å²) < 4.78 is 0. The van der Waals surface area contributed by atoms with Crippen molar-refractivity contribution in [2.75, 3.05) is 6.54 Å². The summed E-state index contributed by atoms with van der Waals surface area (Å²) in [5.74, 6) is 0. The fraction of sp³-hybridized carbons (Fsp3) is 0.636. The Kier molecular flexibility index (Phi) is 5.15. The number of thiophene rings is 1. The first kappa shape index (κ1) is 11.7. The van der Waals surface area contributed by atoms with E-state index >= 15 is 0 Å². The Labute approximate surface area is 90.0 Å². The van der Waals surface area contributed by atoms with E-state index in [0.717, 1.165) is 19.4 Å². The molecule has 0 saturated heterocycles. The summed E-state index contributed by atoms with van der Waals surface area (Å²) in [6.45, 7) is 5.77. The Hall–Kier alpha value is -0.380. The SMILES string of the molecule is CCCC(O)CNCc1ccc(C)s1. The molecule has 1 unspecified atom stereocenters. The van der Waals surface area contributed by atoms with Crippen molar-refractivity contribution < 1.29 is 5.11 Å². The summed E-state index contributed by atoms with van der Waals surface area (Å²) in [4.78, 5) is 2.68. The number of aryl methyl sites for hydroxylation is 1. The maximum absolute atomic E-state index is 9.47. The van der Waals surface area contributed by atoms with Crippen LogP contribution < -0.4 is 5.32 Å². The summed E-state index contributed by atoms with van der Waals surface area (Å²) in [7, 11) is 0. The lowest BCUT2D eigenvalue weighted by molar-refractivity contribution is 0.160. The second-order valence-electron chi connectivity index (χ2n) is 3.59. The van der Waals surface area contributed by atoms with Gasteiger partial charge in [0, 0.05) is 22.8 Å². The van der Waals surface area contributed by atoms with Gasteiger partial charge < -0.3 is 10.4 Å². The highest BCUT2D eigenvalue weighted by molar-refractivity contribution is 7.11. The van der Waals surface area contributed by atoms with Crippen LogP contribution in [0.15, 0.2) is 12.1 Å². The van der Waals surface area contributed by atoms with Gasteiger partial charge in [0.25, 0.3) is 0 Å². The zero-order valence-corrected chi connectivity index (χ0v) is 9.73. The van der Waals surface area contributed by atoms with Crippen LogP contribution >= 0.6 is 11.3 Å². The normalized spacial score (nSPS) is 13.1. The standard InChI is InChI=1S/C11H19NOS/c1-3-4-10(13)7-12-8-11-6-5-9(2)14-11/h5-6,10,12-13H,3-4,7-8H2,1-2H3. The molecule has 0 aliphatic heterocycles. The topological polar surface area (TPSA) is 32.3 Å². The van der Waals surface area contributed by atoms with Gasteiger partial charge in [-0.15, -0.1) is 11.3 Å². The minimum atomic E-state index is -0.193. The van der Waals surface area contributed by atoms with E-state index in [9.17, 15) is 5.11 Å². The monoisotopic (exact) mass is 213 g/mol. The van der Waals surface area contributed by atoms with E-state index in [4.69, 9.17) is 0 Å². The lowest BCUT2D eigenvalue weighted by Gasteiger charge is -2.09. The molecular formula is C11H19NOS. The van der Waals surface area contributed by atoms with Gasteiger partial charge in [0.15, 0.2) is 0 Å². The van der Waals surface area contributed by atoms with Gasteiger partial charge in [-0.25, -0.2) is 0 Å². The smallest absolute Gasteiger partial charge is 0.0664 e. The Morgan fingerprint density at radius 1 is 1.50 bits per heavy atom. The van der Waals surface area contributed by atoms with Crippen molar-refractivity contribution in [3.05, 3.63) is 21.9 Å². The number of nitrogens with one attached hydrogen (secondary N) is 1. The van der Waals surface area contributed by atoms with Gasteiger partial charge in [-0.3, -0.25) is 0 Å². The molecule has 3 heteroatoms. The third-order valence-electron chi connectivity index (χ3n) is 2.10. The summed E-state index contributed by atoms with van der Waals surface area (Å²) in [6.07, 6.45) is 1.73. The minimum absolute atomic E-state index is 0.193. The van der Waals surface area contributed by atoms with Gasteiger partial charge in [-0.05, 0) is 25.5 Å². The number of aliphatic hydroxyl groups excluding tert-OH is 1. The maximum Gasteiger partial charge on any atom is 0.0664 e. The van der Waals surface area contributed by atoms with Crippen molar-refractivity contribution in [3.8, 4) is 0 Å². The molecular weight excluding hydrogens is 194 g/mol. The third kappa shape index (κ3) is 4.22. The molecule has 1 rings (SSSR count). The molecule has 2 N–H and O–H groups in total. The van der Waals surface area contributed by atoms with Crippen LogP contribution in [0.4, 0.5) is 0 Å². The zero-order valence-electron chi connectivity index (χ0n) is 8.92. The van der Waals surface area contributed by atoms with Crippen LogP contribution in [0, 0.1) is 6.92 Å². The molecule has 14 heavy (non-hydrogen) atoms. The molecule has 0 saturated carbocycles. The molecule has 0 aliphatic carbocycles. The van der Waals surface area contributed by atoms with E-state index in [2.05, 4.69) is 31.3 Å². The van der Waals surface area contributed by atoms with E-state index in [-0.39, 0.29) is 6.10 Å². The predicted octanol–water partition coefficient (Wildman–Crippen LogP) is 2.31. The second-order valence-corrected chi connectivity index (χ2v) is 4.96. The molecule has 0 bridgehead atoms. The van der Waals surface area contributed by atoms with Crippen molar-refractivity contribution in [3.63, 3.8) is 0 Å². The van der Waals surface area contributed by atoms with Crippen LogP contribution in [0.1, 0.15) is 29.5 Å². The van der Waals surface area contributed by atoms with Crippen molar-refractivity contribution in [2.24, 2.45) is 0 Å². The number of aliphatic hydroxyl groups is 1. The van der Waals surface area contributed by atoms with Crippen LogP contribution in [-0.4, -0.2) is 17.8 Å². The first-order valence-electron chi connectivity index (χ1n) is 5.16. The average Bonchev–Trinajstić information content (AvgIpc) is 2.52. The fourth-order valence-corrected chi connectivity index (χ4v) is 2.24. The zero-order chi connectivity index (χ0) is 10.4. The molecule has 1 heterocycles. The third-order valence-corrected chi connectivity index (χ3v) is 3.10. The van der Waals surface area contributed by atoms with Gasteiger partial charge in [-0.2, -0.15) is 0 Å². The molecule has 1 atom stereocenters. The van der Waals surface area contributed by atoms with E-state index < -0.39 is 0 Å². The van der Waals surface area contributed by atoms with Crippen molar-refractivity contribution in [1.29, 1.82) is 0 Å². The highest BCUT2D eigenvalue weighted by Crippen LogP contribution is 2.14. The van der Waals surface area contributed by atoms with Gasteiger partial charge in [0.1, 0.15) is 0 Å². The quantitative estimate of drug-likeness (QED) is 0.760. The predicted molar refractivity (Wildman–Crippen MR) is 61.7 cm³/mol. The molecule has 0 aromatic carbocycles. The molecule has 0 fully saturated rings. The summed E-state index contributed by atoms with van der Waals surface area (Å²) in [5, 5.41) is 12.7.